The molecule has 2 aromatic carbocycles. The molecule has 0 spiro atoms. The van der Waals surface area contributed by atoms with Crippen LogP contribution in [0.5, 0.6) is 0 Å². The Morgan fingerprint density at radius 1 is 1.15 bits per heavy atom. The van der Waals surface area contributed by atoms with Gasteiger partial charge in [-0.05, 0) is 23.8 Å². The summed E-state index contributed by atoms with van der Waals surface area (Å²) in [5.41, 5.74) is 2.70. The highest BCUT2D eigenvalue weighted by molar-refractivity contribution is 7.98. The van der Waals surface area contributed by atoms with E-state index in [9.17, 15) is 4.79 Å². The van der Waals surface area contributed by atoms with E-state index in [1.807, 2.05) is 48.5 Å². The number of thioether (sulfide) groups is 1. The van der Waals surface area contributed by atoms with Gasteiger partial charge in [-0.25, -0.2) is 9.78 Å². The second kappa shape index (κ2) is 9.22. The van der Waals surface area contributed by atoms with Crippen molar-refractivity contribution >= 4 is 39.3 Å². The third-order valence-electron chi connectivity index (χ3n) is 3.67. The predicted molar refractivity (Wildman–Crippen MR) is 107 cm³/mol. The number of thiazole rings is 1. The Labute approximate surface area is 160 Å². The second-order valence-electron chi connectivity index (χ2n) is 5.51. The van der Waals surface area contributed by atoms with E-state index in [0.717, 1.165) is 32.3 Å². The molecule has 0 saturated carbocycles. The molecule has 1 aromatic heterocycles. The molecule has 0 aliphatic heterocycles. The summed E-state index contributed by atoms with van der Waals surface area (Å²) in [5.74, 6) is 1.55. The summed E-state index contributed by atoms with van der Waals surface area (Å²) in [4.78, 5) is 16.4. The van der Waals surface area contributed by atoms with Gasteiger partial charge in [-0.2, -0.15) is 17.0 Å². The molecule has 3 rings (SSSR count). The minimum atomic E-state index is -0.192. The molecule has 0 aliphatic rings. The predicted octanol–water partition coefficient (Wildman–Crippen LogP) is 3.90. The number of benzene rings is 2. The van der Waals surface area contributed by atoms with Crippen molar-refractivity contribution in [3.05, 3.63) is 64.7 Å². The van der Waals surface area contributed by atoms with Crippen molar-refractivity contribution < 1.29 is 4.79 Å². The third kappa shape index (κ3) is 4.97. The van der Waals surface area contributed by atoms with E-state index >= 15 is 0 Å². The standard InChI is InChI=1S/C19H18N4OS2/c20-11-14-5-1-2-6-15(14)13-25-10-9-21-19(24)22-12-18-23-16-7-3-4-8-17(16)26-18/h1-8H,9-10,12-13H2,(H2,21,22,24). The number of para-hydroxylation sites is 1. The smallest absolute Gasteiger partial charge is 0.315 e. The number of nitrogens with one attached hydrogen (secondary N) is 2. The van der Waals surface area contributed by atoms with Crippen LogP contribution in [-0.4, -0.2) is 23.3 Å². The van der Waals surface area contributed by atoms with Crippen LogP contribution in [0.4, 0.5) is 4.79 Å². The van der Waals surface area contributed by atoms with Gasteiger partial charge in [-0.3, -0.25) is 0 Å². The molecular formula is C19H18N4OS2. The van der Waals surface area contributed by atoms with Crippen molar-refractivity contribution in [2.45, 2.75) is 12.3 Å². The van der Waals surface area contributed by atoms with Crippen LogP contribution in [0.2, 0.25) is 0 Å². The molecule has 7 heteroatoms. The zero-order valence-electron chi connectivity index (χ0n) is 14.1. The number of nitriles is 1. The zero-order chi connectivity index (χ0) is 18.2. The molecule has 0 saturated heterocycles. The van der Waals surface area contributed by atoms with Gasteiger partial charge in [0.1, 0.15) is 5.01 Å². The topological polar surface area (TPSA) is 77.8 Å². The Balaban J connectivity index is 1.35. The highest BCUT2D eigenvalue weighted by Crippen LogP contribution is 2.21. The number of amides is 2. The molecule has 0 bridgehead atoms. The average Bonchev–Trinajstić information content (AvgIpc) is 3.09. The number of urea groups is 1. The van der Waals surface area contributed by atoms with Gasteiger partial charge in [0.15, 0.2) is 0 Å². The average molecular weight is 383 g/mol. The van der Waals surface area contributed by atoms with Gasteiger partial charge in [0, 0.05) is 18.1 Å². The first-order chi connectivity index (χ1) is 12.8. The van der Waals surface area contributed by atoms with Crippen molar-refractivity contribution in [1.82, 2.24) is 15.6 Å². The van der Waals surface area contributed by atoms with E-state index in [2.05, 4.69) is 21.7 Å². The number of hydrogen-bond donors (Lipinski definition) is 2. The number of aromatic nitrogens is 1. The number of carbonyl (C=O) groups excluding carboxylic acids is 1. The minimum Gasteiger partial charge on any atom is -0.337 e. The van der Waals surface area contributed by atoms with Gasteiger partial charge in [0.25, 0.3) is 0 Å². The summed E-state index contributed by atoms with van der Waals surface area (Å²) in [6, 6.07) is 17.5. The van der Waals surface area contributed by atoms with Crippen LogP contribution in [-0.2, 0) is 12.3 Å². The molecular weight excluding hydrogens is 364 g/mol. The van der Waals surface area contributed by atoms with Crippen molar-refractivity contribution in [3.8, 4) is 6.07 Å². The summed E-state index contributed by atoms with van der Waals surface area (Å²) < 4.78 is 1.12. The molecule has 5 nitrogen and oxygen atoms in total. The SMILES string of the molecule is N#Cc1ccccc1CSCCNC(=O)NCc1nc2ccccc2s1. The van der Waals surface area contributed by atoms with Gasteiger partial charge < -0.3 is 10.6 Å². The Kier molecular flexibility index (Phi) is 6.47. The number of rotatable bonds is 7. The first-order valence-corrected chi connectivity index (χ1v) is 10.2. The minimum absolute atomic E-state index is 0.192. The Morgan fingerprint density at radius 2 is 1.96 bits per heavy atom. The number of nitrogens with zero attached hydrogens (tertiary/aromatic N) is 2. The van der Waals surface area contributed by atoms with Crippen LogP contribution in [0.25, 0.3) is 10.2 Å². The van der Waals surface area contributed by atoms with E-state index in [1.54, 1.807) is 23.1 Å². The van der Waals surface area contributed by atoms with E-state index in [1.165, 1.54) is 0 Å². The highest BCUT2D eigenvalue weighted by Gasteiger charge is 2.05. The third-order valence-corrected chi connectivity index (χ3v) is 5.71. The lowest BCUT2D eigenvalue weighted by Gasteiger charge is -2.07. The number of hydrogen-bond acceptors (Lipinski definition) is 5. The molecule has 2 amide bonds. The summed E-state index contributed by atoms with van der Waals surface area (Å²) >= 11 is 3.28. The van der Waals surface area contributed by atoms with Crippen molar-refractivity contribution in [1.29, 1.82) is 5.26 Å². The maximum absolute atomic E-state index is 11.9. The van der Waals surface area contributed by atoms with Crippen LogP contribution in [0.15, 0.2) is 48.5 Å². The second-order valence-corrected chi connectivity index (χ2v) is 7.73. The highest BCUT2D eigenvalue weighted by atomic mass is 32.2. The number of carbonyl (C=O) groups is 1. The van der Waals surface area contributed by atoms with Gasteiger partial charge in [0.05, 0.1) is 28.4 Å². The normalized spacial score (nSPS) is 10.4. The molecule has 26 heavy (non-hydrogen) atoms. The maximum atomic E-state index is 11.9. The Morgan fingerprint density at radius 3 is 2.81 bits per heavy atom. The summed E-state index contributed by atoms with van der Waals surface area (Å²) in [7, 11) is 0. The molecule has 132 valence electrons. The fourth-order valence-electron chi connectivity index (χ4n) is 2.39. The quantitative estimate of drug-likeness (QED) is 0.608. The Hall–Kier alpha value is -2.56. The molecule has 0 unspecified atom stereocenters. The lowest BCUT2D eigenvalue weighted by Crippen LogP contribution is -2.36. The van der Waals surface area contributed by atoms with Crippen LogP contribution in [0, 0.1) is 11.3 Å². The van der Waals surface area contributed by atoms with E-state index < -0.39 is 0 Å². The Bertz CT molecular complexity index is 899. The van der Waals surface area contributed by atoms with E-state index in [0.29, 0.717) is 18.7 Å². The number of fused-ring (bicyclic) bond motifs is 1. The van der Waals surface area contributed by atoms with Crippen molar-refractivity contribution in [2.24, 2.45) is 0 Å². The van der Waals surface area contributed by atoms with Gasteiger partial charge >= 0.3 is 6.03 Å². The molecule has 0 atom stereocenters. The van der Waals surface area contributed by atoms with E-state index in [-0.39, 0.29) is 6.03 Å². The van der Waals surface area contributed by atoms with Crippen LogP contribution in [0.1, 0.15) is 16.1 Å². The summed E-state index contributed by atoms with van der Waals surface area (Å²) in [6.07, 6.45) is 0. The summed E-state index contributed by atoms with van der Waals surface area (Å²) in [5, 5.41) is 15.6. The molecule has 0 radical (unpaired) electrons. The maximum Gasteiger partial charge on any atom is 0.315 e. The van der Waals surface area contributed by atoms with Gasteiger partial charge in [0.2, 0.25) is 0 Å². The van der Waals surface area contributed by atoms with Crippen molar-refractivity contribution in [3.63, 3.8) is 0 Å². The van der Waals surface area contributed by atoms with E-state index in [4.69, 9.17) is 5.26 Å². The lowest BCUT2D eigenvalue weighted by atomic mass is 10.1. The van der Waals surface area contributed by atoms with Crippen LogP contribution >= 0.6 is 23.1 Å². The molecule has 3 aromatic rings. The van der Waals surface area contributed by atoms with Crippen molar-refractivity contribution in [2.75, 3.05) is 12.3 Å². The lowest BCUT2D eigenvalue weighted by molar-refractivity contribution is 0.241. The van der Waals surface area contributed by atoms with Gasteiger partial charge in [-0.15, -0.1) is 11.3 Å². The fourth-order valence-corrected chi connectivity index (χ4v) is 4.16. The molecule has 0 fully saturated rings. The molecule has 0 aliphatic carbocycles. The molecule has 2 N–H and O–H groups in total. The first-order valence-electron chi connectivity index (χ1n) is 8.18. The summed E-state index contributed by atoms with van der Waals surface area (Å²) in [6.45, 7) is 0.999. The monoisotopic (exact) mass is 382 g/mol. The molecule has 1 heterocycles. The fraction of sp³-hybridized carbons (Fsp3) is 0.211. The zero-order valence-corrected chi connectivity index (χ0v) is 15.7. The van der Waals surface area contributed by atoms with Crippen LogP contribution < -0.4 is 10.6 Å². The first kappa shape index (κ1) is 18.2. The van der Waals surface area contributed by atoms with Gasteiger partial charge in [-0.1, -0.05) is 30.3 Å². The van der Waals surface area contributed by atoms with Crippen LogP contribution in [0.3, 0.4) is 0 Å². The largest absolute Gasteiger partial charge is 0.337 e.